The van der Waals surface area contributed by atoms with E-state index in [4.69, 9.17) is 14.2 Å². The third-order valence-electron chi connectivity index (χ3n) is 17.5. The number of carbonyl (C=O) groups excluding carboxylic acids is 5. The largest absolute Gasteiger partial charge is 0.466 e. The van der Waals surface area contributed by atoms with E-state index in [1.807, 2.05) is 0 Å². The molecule has 0 aromatic carbocycles. The fraction of sp³-hybridized carbons (Fsp3) is 0.790. The number of allylic oxidation sites excluding steroid dienone is 7. The van der Waals surface area contributed by atoms with Crippen LogP contribution < -0.4 is 0 Å². The van der Waals surface area contributed by atoms with Gasteiger partial charge in [-0.3, -0.25) is 24.0 Å². The number of hydrogen-bond acceptors (Lipinski definition) is 10. The maximum atomic E-state index is 17.5. The molecule has 0 spiro atoms. The highest BCUT2D eigenvalue weighted by molar-refractivity contribution is 6.01. The van der Waals surface area contributed by atoms with Gasteiger partial charge in [-0.25, -0.2) is 4.39 Å². The monoisotopic (exact) mass is 1020 g/mol. The van der Waals surface area contributed by atoms with Gasteiger partial charge in [-0.1, -0.05) is 160 Å². The van der Waals surface area contributed by atoms with Crippen molar-refractivity contribution in [2.24, 2.45) is 28.6 Å². The van der Waals surface area contributed by atoms with Crippen molar-refractivity contribution in [3.8, 4) is 0 Å². The standard InChI is InChI=1S/C62H99FO10/c1-6-8-10-12-13-14-15-16-17-18-19-22-25-28-32-36-58(69)73-51(34-30-11-9-7-2)35-31-27-24-21-20-23-26-29-33-43-71-56(67)39-40-57(68)72-47-55(66)62(70)48(3)44-53-52-38-37-49-45-50(64)41-42-59(49,4)61(52,63)54(65)46-60(53,62)5/h16-17,27,31,41-42,45,48,51-54,65,70H,6-15,18-26,28-30,32-40,43-44,46-47H2,1-5H3/b17-16-,31-27-/t48-,51-,52+,53+,54+,59+,60+,61+,62+/m1/s1. The van der Waals surface area contributed by atoms with Gasteiger partial charge < -0.3 is 24.4 Å². The Hall–Kier alpha value is -3.44. The smallest absolute Gasteiger partial charge is 0.306 e. The summed E-state index contributed by atoms with van der Waals surface area (Å²) >= 11 is 0. The number of carbonyl (C=O) groups is 5. The van der Waals surface area contributed by atoms with E-state index in [1.54, 1.807) is 26.8 Å². The lowest BCUT2D eigenvalue weighted by Crippen LogP contribution is -2.69. The molecule has 0 radical (unpaired) electrons. The van der Waals surface area contributed by atoms with Crippen LogP contribution in [0.3, 0.4) is 0 Å². The molecule has 0 heterocycles. The Bertz CT molecular complexity index is 1840. The summed E-state index contributed by atoms with van der Waals surface area (Å²) < 4.78 is 34.1. The quantitative estimate of drug-likeness (QED) is 0.0264. The minimum absolute atomic E-state index is 0.0453. The lowest BCUT2D eigenvalue weighted by atomic mass is 9.44. The number of aliphatic hydroxyl groups is 2. The fourth-order valence-electron chi connectivity index (χ4n) is 13.0. The lowest BCUT2D eigenvalue weighted by Gasteiger charge is -2.62. The van der Waals surface area contributed by atoms with E-state index in [-0.39, 0.29) is 43.7 Å². The maximum absolute atomic E-state index is 17.5. The summed E-state index contributed by atoms with van der Waals surface area (Å²) in [7, 11) is 0. The number of fused-ring (bicyclic) bond motifs is 5. The summed E-state index contributed by atoms with van der Waals surface area (Å²) in [6.07, 6.45) is 42.5. The van der Waals surface area contributed by atoms with Crippen molar-refractivity contribution in [2.45, 2.75) is 270 Å². The van der Waals surface area contributed by atoms with Crippen LogP contribution in [-0.2, 0) is 38.2 Å². The molecule has 0 aliphatic heterocycles. The zero-order chi connectivity index (χ0) is 53.2. The SMILES string of the molecule is CCCCCCCC/C=C\CCCCCCCC(=O)O[C@@H](C/C=C\CCCCCCCCOC(=O)CCC(=O)OCC(=O)[C@@]1(O)[C@H](C)C[C@H]2[C@@H]3CCC4=CC(=O)C=C[C@]4(C)[C@@]3(F)[C@@H](O)C[C@@]21C)CCCCCC. The van der Waals surface area contributed by atoms with Gasteiger partial charge in [0.1, 0.15) is 11.7 Å². The summed E-state index contributed by atoms with van der Waals surface area (Å²) in [4.78, 5) is 63.8. The van der Waals surface area contributed by atoms with Crippen LogP contribution in [0.5, 0.6) is 0 Å². The summed E-state index contributed by atoms with van der Waals surface area (Å²) in [6.45, 7) is 9.25. The second-order valence-electron chi connectivity index (χ2n) is 22.9. The van der Waals surface area contributed by atoms with Gasteiger partial charge in [0.2, 0.25) is 5.78 Å². The third-order valence-corrected chi connectivity index (χ3v) is 17.5. The molecule has 4 aliphatic carbocycles. The number of unbranched alkanes of at least 4 members (excludes halogenated alkanes) is 20. The van der Waals surface area contributed by atoms with E-state index in [0.717, 1.165) is 83.5 Å². The van der Waals surface area contributed by atoms with E-state index in [2.05, 4.69) is 38.2 Å². The van der Waals surface area contributed by atoms with Crippen LogP contribution in [0.25, 0.3) is 0 Å². The highest BCUT2D eigenvalue weighted by atomic mass is 19.1. The number of esters is 3. The zero-order valence-corrected chi connectivity index (χ0v) is 46.2. The Kier molecular flexibility index (Phi) is 27.4. The second kappa shape index (κ2) is 32.2. The maximum Gasteiger partial charge on any atom is 0.306 e. The first kappa shape index (κ1) is 62.1. The second-order valence-corrected chi connectivity index (χ2v) is 22.9. The molecule has 9 atom stereocenters. The number of ketones is 2. The molecule has 4 rings (SSSR count). The normalized spacial score (nSPS) is 27.9. The number of aliphatic hydroxyl groups excluding tert-OH is 1. The van der Waals surface area contributed by atoms with Crippen LogP contribution in [0.4, 0.5) is 4.39 Å². The first-order valence-electron chi connectivity index (χ1n) is 29.5. The Balaban J connectivity index is 1.02. The predicted octanol–water partition coefficient (Wildman–Crippen LogP) is 14.4. The number of alkyl halides is 1. The number of ether oxygens (including phenoxy) is 3. The van der Waals surface area contributed by atoms with Crippen molar-refractivity contribution in [1.82, 2.24) is 0 Å². The average Bonchev–Trinajstić information content (AvgIpc) is 3.56. The summed E-state index contributed by atoms with van der Waals surface area (Å²) in [5, 5.41) is 23.8. The van der Waals surface area contributed by atoms with E-state index in [9.17, 15) is 34.2 Å². The molecule has 3 fully saturated rings. The fourth-order valence-corrected chi connectivity index (χ4v) is 13.0. The molecule has 0 aromatic heterocycles. The summed E-state index contributed by atoms with van der Waals surface area (Å²) in [5.74, 6) is -3.91. The molecule has 414 valence electrons. The molecule has 73 heavy (non-hydrogen) atoms. The van der Waals surface area contributed by atoms with Gasteiger partial charge in [0.15, 0.2) is 18.1 Å². The van der Waals surface area contributed by atoms with Gasteiger partial charge in [0.05, 0.1) is 25.6 Å². The lowest BCUT2D eigenvalue weighted by molar-refractivity contribution is -0.220. The average molecular weight is 1020 g/mol. The van der Waals surface area contributed by atoms with E-state index in [1.165, 1.54) is 95.6 Å². The van der Waals surface area contributed by atoms with Gasteiger partial charge in [0, 0.05) is 29.6 Å². The number of hydrogen-bond donors (Lipinski definition) is 2. The Morgan fingerprint density at radius 3 is 1.89 bits per heavy atom. The van der Waals surface area contributed by atoms with Crippen molar-refractivity contribution < 1.29 is 52.8 Å². The minimum Gasteiger partial charge on any atom is -0.466 e. The van der Waals surface area contributed by atoms with Crippen molar-refractivity contribution in [3.05, 3.63) is 48.1 Å². The van der Waals surface area contributed by atoms with Gasteiger partial charge in [-0.05, 0) is 121 Å². The van der Waals surface area contributed by atoms with Crippen molar-refractivity contribution in [1.29, 1.82) is 0 Å². The molecular formula is C62H99FO10. The summed E-state index contributed by atoms with van der Waals surface area (Å²) in [5.41, 5.74) is -5.76. The van der Waals surface area contributed by atoms with Crippen LogP contribution in [0.15, 0.2) is 48.1 Å². The molecule has 10 nitrogen and oxygen atoms in total. The molecular weight excluding hydrogens is 924 g/mol. The Labute approximate surface area is 440 Å². The van der Waals surface area contributed by atoms with E-state index >= 15 is 4.39 Å². The van der Waals surface area contributed by atoms with E-state index < -0.39 is 70.3 Å². The Morgan fingerprint density at radius 2 is 1.26 bits per heavy atom. The van der Waals surface area contributed by atoms with Crippen LogP contribution in [0, 0.1) is 28.6 Å². The van der Waals surface area contributed by atoms with Gasteiger partial charge in [0.25, 0.3) is 0 Å². The van der Waals surface area contributed by atoms with Crippen LogP contribution in [0.2, 0.25) is 0 Å². The first-order valence-corrected chi connectivity index (χ1v) is 29.5. The predicted molar refractivity (Wildman–Crippen MR) is 288 cm³/mol. The summed E-state index contributed by atoms with van der Waals surface area (Å²) in [6, 6.07) is 0. The van der Waals surface area contributed by atoms with Crippen LogP contribution >= 0.6 is 0 Å². The van der Waals surface area contributed by atoms with E-state index in [0.29, 0.717) is 31.3 Å². The van der Waals surface area contributed by atoms with Gasteiger partial charge in [-0.2, -0.15) is 0 Å². The number of Topliss-reactive ketones (excluding diaryl/α,β-unsaturated/α-hetero) is 1. The van der Waals surface area contributed by atoms with Crippen molar-refractivity contribution in [3.63, 3.8) is 0 Å². The van der Waals surface area contributed by atoms with Crippen LogP contribution in [0.1, 0.15) is 247 Å². The molecule has 11 heteroatoms. The molecule has 2 N–H and O–H groups in total. The molecule has 3 saturated carbocycles. The Morgan fingerprint density at radius 1 is 0.712 bits per heavy atom. The van der Waals surface area contributed by atoms with Crippen molar-refractivity contribution >= 4 is 29.5 Å². The van der Waals surface area contributed by atoms with Crippen LogP contribution in [-0.4, -0.2) is 76.4 Å². The molecule has 0 aromatic rings. The molecule has 0 saturated heterocycles. The minimum atomic E-state index is -2.09. The molecule has 0 amide bonds. The van der Waals surface area contributed by atoms with Gasteiger partial charge >= 0.3 is 17.9 Å². The first-order chi connectivity index (χ1) is 35.1. The number of rotatable bonds is 38. The van der Waals surface area contributed by atoms with Gasteiger partial charge in [-0.15, -0.1) is 0 Å². The number of halogens is 1. The highest BCUT2D eigenvalue weighted by Crippen LogP contribution is 2.70. The molecule has 4 aliphatic rings. The zero-order valence-electron chi connectivity index (χ0n) is 46.2. The molecule has 0 bridgehead atoms. The van der Waals surface area contributed by atoms with Crippen molar-refractivity contribution in [2.75, 3.05) is 13.2 Å². The third kappa shape index (κ3) is 17.8. The molecule has 0 unspecified atom stereocenters. The topological polar surface area (TPSA) is 154 Å². The highest BCUT2D eigenvalue weighted by Gasteiger charge is 2.75.